The van der Waals surface area contributed by atoms with Crippen LogP contribution in [0.4, 0.5) is 4.39 Å². The lowest BCUT2D eigenvalue weighted by atomic mass is 10.1. The number of rotatable bonds is 5. The molecule has 1 saturated carbocycles. The SMILES string of the molecule is C[C@H]1CN(CCF)C[C@@H]1NC(=O)c1cc(C2CC2)on1. The molecule has 1 amide bonds. The molecule has 5 nitrogen and oxygen atoms in total. The van der Waals surface area contributed by atoms with E-state index in [1.165, 1.54) is 0 Å². The molecule has 1 saturated heterocycles. The van der Waals surface area contributed by atoms with Gasteiger partial charge < -0.3 is 9.84 Å². The molecule has 1 aromatic rings. The summed E-state index contributed by atoms with van der Waals surface area (Å²) in [4.78, 5) is 14.2. The number of alkyl halides is 1. The molecule has 6 heteroatoms. The Kier molecular flexibility index (Phi) is 3.74. The van der Waals surface area contributed by atoms with Crippen molar-refractivity contribution in [2.24, 2.45) is 5.92 Å². The number of hydrogen-bond donors (Lipinski definition) is 1. The average Bonchev–Trinajstić information content (AvgIpc) is 3.05. The van der Waals surface area contributed by atoms with Crippen molar-refractivity contribution >= 4 is 5.91 Å². The number of nitrogens with one attached hydrogen (secondary N) is 1. The number of halogens is 1. The maximum Gasteiger partial charge on any atom is 0.273 e. The third-order valence-electron chi connectivity index (χ3n) is 4.15. The minimum atomic E-state index is -0.346. The zero-order valence-electron chi connectivity index (χ0n) is 11.6. The molecule has 2 fully saturated rings. The molecule has 20 heavy (non-hydrogen) atoms. The number of likely N-dealkylation sites (tertiary alicyclic amines) is 1. The monoisotopic (exact) mass is 281 g/mol. The number of carbonyl (C=O) groups is 1. The van der Waals surface area contributed by atoms with Crippen LogP contribution in [0.2, 0.25) is 0 Å². The smallest absolute Gasteiger partial charge is 0.273 e. The fourth-order valence-corrected chi connectivity index (χ4v) is 2.76. The van der Waals surface area contributed by atoms with Crippen LogP contribution in [0.3, 0.4) is 0 Å². The summed E-state index contributed by atoms with van der Waals surface area (Å²) in [6.07, 6.45) is 2.24. The summed E-state index contributed by atoms with van der Waals surface area (Å²) in [5, 5.41) is 6.82. The number of amides is 1. The van der Waals surface area contributed by atoms with Gasteiger partial charge in [-0.05, 0) is 18.8 Å². The van der Waals surface area contributed by atoms with Crippen LogP contribution in [-0.4, -0.2) is 48.3 Å². The first-order valence-corrected chi connectivity index (χ1v) is 7.23. The van der Waals surface area contributed by atoms with E-state index >= 15 is 0 Å². The third-order valence-corrected chi connectivity index (χ3v) is 4.15. The minimum Gasteiger partial charge on any atom is -0.360 e. The number of aromatic nitrogens is 1. The quantitative estimate of drug-likeness (QED) is 0.890. The first-order valence-electron chi connectivity index (χ1n) is 7.23. The van der Waals surface area contributed by atoms with Crippen LogP contribution in [0, 0.1) is 5.92 Å². The highest BCUT2D eigenvalue weighted by Gasteiger charge is 2.32. The second-order valence-corrected chi connectivity index (χ2v) is 5.89. The first-order chi connectivity index (χ1) is 9.67. The van der Waals surface area contributed by atoms with Gasteiger partial charge in [-0.25, -0.2) is 4.39 Å². The van der Waals surface area contributed by atoms with Crippen LogP contribution >= 0.6 is 0 Å². The van der Waals surface area contributed by atoms with E-state index in [9.17, 15) is 9.18 Å². The molecule has 3 rings (SSSR count). The Labute approximate surface area is 117 Å². The summed E-state index contributed by atoms with van der Waals surface area (Å²) in [6, 6.07) is 1.79. The highest BCUT2D eigenvalue weighted by molar-refractivity contribution is 5.92. The van der Waals surface area contributed by atoms with E-state index in [0.29, 0.717) is 30.6 Å². The Morgan fingerprint density at radius 1 is 1.55 bits per heavy atom. The Morgan fingerprint density at radius 3 is 3.05 bits per heavy atom. The number of nitrogens with zero attached hydrogens (tertiary/aromatic N) is 2. The summed E-state index contributed by atoms with van der Waals surface area (Å²) in [7, 11) is 0. The summed E-state index contributed by atoms with van der Waals surface area (Å²) >= 11 is 0. The fraction of sp³-hybridized carbons (Fsp3) is 0.714. The van der Waals surface area contributed by atoms with Gasteiger partial charge in [0.05, 0.1) is 0 Å². The Morgan fingerprint density at radius 2 is 2.35 bits per heavy atom. The van der Waals surface area contributed by atoms with Gasteiger partial charge in [0.25, 0.3) is 5.91 Å². The zero-order chi connectivity index (χ0) is 14.1. The van der Waals surface area contributed by atoms with Gasteiger partial charge in [-0.15, -0.1) is 0 Å². The van der Waals surface area contributed by atoms with Gasteiger partial charge in [-0.3, -0.25) is 9.69 Å². The zero-order valence-corrected chi connectivity index (χ0v) is 11.6. The molecule has 1 aliphatic carbocycles. The second-order valence-electron chi connectivity index (χ2n) is 5.89. The molecule has 1 aromatic heterocycles. The van der Waals surface area contributed by atoms with Gasteiger partial charge in [0, 0.05) is 37.7 Å². The highest BCUT2D eigenvalue weighted by atomic mass is 19.1. The van der Waals surface area contributed by atoms with E-state index in [-0.39, 0.29) is 18.6 Å². The minimum absolute atomic E-state index is 0.0510. The van der Waals surface area contributed by atoms with Crippen molar-refractivity contribution in [2.75, 3.05) is 26.3 Å². The van der Waals surface area contributed by atoms with Crippen LogP contribution in [0.5, 0.6) is 0 Å². The van der Waals surface area contributed by atoms with Crippen LogP contribution < -0.4 is 5.32 Å². The second kappa shape index (κ2) is 5.52. The lowest BCUT2D eigenvalue weighted by molar-refractivity contribution is 0.0922. The number of hydrogen-bond acceptors (Lipinski definition) is 4. The number of carbonyl (C=O) groups excluding carboxylic acids is 1. The Balaban J connectivity index is 1.57. The van der Waals surface area contributed by atoms with Crippen molar-refractivity contribution < 1.29 is 13.7 Å². The summed E-state index contributed by atoms with van der Waals surface area (Å²) < 4.78 is 17.5. The maximum atomic E-state index is 12.4. The van der Waals surface area contributed by atoms with Crippen molar-refractivity contribution in [3.8, 4) is 0 Å². The summed E-state index contributed by atoms with van der Waals surface area (Å²) in [5.41, 5.74) is 0.350. The van der Waals surface area contributed by atoms with Crippen LogP contribution in [-0.2, 0) is 0 Å². The molecule has 110 valence electrons. The van der Waals surface area contributed by atoms with Crippen LogP contribution in [0.1, 0.15) is 41.9 Å². The molecule has 0 spiro atoms. The molecule has 0 aromatic carbocycles. The normalized spacial score (nSPS) is 26.9. The van der Waals surface area contributed by atoms with Gasteiger partial charge in [0.2, 0.25) is 0 Å². The maximum absolute atomic E-state index is 12.4. The molecule has 0 bridgehead atoms. The van der Waals surface area contributed by atoms with Gasteiger partial charge >= 0.3 is 0 Å². The van der Waals surface area contributed by atoms with E-state index < -0.39 is 0 Å². The van der Waals surface area contributed by atoms with Crippen molar-refractivity contribution in [1.29, 1.82) is 0 Å². The fourth-order valence-electron chi connectivity index (χ4n) is 2.76. The molecular formula is C14H20FN3O2. The molecule has 1 N–H and O–H groups in total. The highest BCUT2D eigenvalue weighted by Crippen LogP contribution is 2.40. The predicted octanol–water partition coefficient (Wildman–Crippen LogP) is 1.57. The van der Waals surface area contributed by atoms with E-state index in [4.69, 9.17) is 4.52 Å². The third kappa shape index (κ3) is 2.85. The standard InChI is InChI=1S/C14H20FN3O2/c1-9-7-18(5-4-15)8-12(9)16-14(19)11-6-13(20-17-11)10-2-3-10/h6,9-10,12H,2-5,7-8H2,1H3,(H,16,19)/t9-,12-/m0/s1. The van der Waals surface area contributed by atoms with Crippen molar-refractivity contribution in [3.05, 3.63) is 17.5 Å². The van der Waals surface area contributed by atoms with Crippen molar-refractivity contribution in [1.82, 2.24) is 15.4 Å². The van der Waals surface area contributed by atoms with Gasteiger partial charge in [-0.1, -0.05) is 12.1 Å². The van der Waals surface area contributed by atoms with Crippen LogP contribution in [0.15, 0.2) is 10.6 Å². The summed E-state index contributed by atoms with van der Waals surface area (Å²) in [5.74, 6) is 1.39. The van der Waals surface area contributed by atoms with E-state index in [1.54, 1.807) is 6.07 Å². The molecule has 0 unspecified atom stereocenters. The summed E-state index contributed by atoms with van der Waals surface area (Å²) in [6.45, 7) is 3.68. The van der Waals surface area contributed by atoms with Gasteiger partial charge in [0.15, 0.2) is 5.69 Å². The van der Waals surface area contributed by atoms with Crippen molar-refractivity contribution in [3.63, 3.8) is 0 Å². The Hall–Kier alpha value is -1.43. The molecule has 2 atom stereocenters. The van der Waals surface area contributed by atoms with E-state index in [0.717, 1.165) is 25.1 Å². The Bertz CT molecular complexity index is 487. The molecule has 2 heterocycles. The van der Waals surface area contributed by atoms with E-state index in [2.05, 4.69) is 17.4 Å². The molecule has 0 radical (unpaired) electrons. The lowest BCUT2D eigenvalue weighted by Gasteiger charge is -2.15. The molecule has 1 aliphatic heterocycles. The van der Waals surface area contributed by atoms with Gasteiger partial charge in [0.1, 0.15) is 12.4 Å². The largest absolute Gasteiger partial charge is 0.360 e. The van der Waals surface area contributed by atoms with Crippen LogP contribution in [0.25, 0.3) is 0 Å². The lowest BCUT2D eigenvalue weighted by Crippen LogP contribution is -2.40. The molecule has 2 aliphatic rings. The molecular weight excluding hydrogens is 261 g/mol. The predicted molar refractivity (Wildman–Crippen MR) is 71.3 cm³/mol. The van der Waals surface area contributed by atoms with Gasteiger partial charge in [-0.2, -0.15) is 0 Å². The topological polar surface area (TPSA) is 58.4 Å². The average molecular weight is 281 g/mol. The van der Waals surface area contributed by atoms with E-state index in [1.807, 2.05) is 4.90 Å². The first kappa shape index (κ1) is 13.5. The van der Waals surface area contributed by atoms with Crippen molar-refractivity contribution in [2.45, 2.75) is 31.7 Å².